The number of allylic oxidation sites excluding steroid dienone is 2. The number of imide groups is 1. The Kier molecular flexibility index (Phi) is 14.3. The molecule has 320 valence electrons. The average molecular weight is 864 g/mol. The van der Waals surface area contributed by atoms with Gasteiger partial charge in [-0.2, -0.15) is 5.26 Å². The zero-order valence-corrected chi connectivity index (χ0v) is 36.7. The number of ether oxygens (including phenoxy) is 1. The Morgan fingerprint density at radius 2 is 1.85 bits per heavy atom. The van der Waals surface area contributed by atoms with Crippen LogP contribution in [-0.2, 0) is 20.8 Å². The van der Waals surface area contributed by atoms with Crippen LogP contribution in [0, 0.1) is 29.1 Å². The number of carbonyl (C=O) groups is 4. The van der Waals surface area contributed by atoms with Gasteiger partial charge in [0.05, 0.1) is 22.3 Å². The Labute approximate surface area is 369 Å². The molecule has 3 aliphatic heterocycles. The molecule has 0 bridgehead atoms. The molecular weight excluding hydrogens is 808 g/mol. The summed E-state index contributed by atoms with van der Waals surface area (Å²) in [5.74, 6) is 1.39. The van der Waals surface area contributed by atoms with Gasteiger partial charge in [0, 0.05) is 43.4 Å². The number of nitriles is 1. The fourth-order valence-electron chi connectivity index (χ4n) is 9.70. The van der Waals surface area contributed by atoms with E-state index in [2.05, 4.69) is 52.2 Å². The summed E-state index contributed by atoms with van der Waals surface area (Å²) in [5, 5.41) is 15.0. The third-order valence-corrected chi connectivity index (χ3v) is 13.8. The van der Waals surface area contributed by atoms with Gasteiger partial charge in [-0.15, -0.1) is 0 Å². The molecule has 2 saturated carbocycles. The third-order valence-electron chi connectivity index (χ3n) is 13.1. The highest BCUT2D eigenvalue weighted by atomic mass is 35.5. The second kappa shape index (κ2) is 19.8. The number of rotatable bonds is 14. The lowest BCUT2D eigenvalue weighted by Gasteiger charge is -2.29. The minimum absolute atomic E-state index is 0.0195. The minimum Gasteiger partial charge on any atom is -0.490 e. The first kappa shape index (κ1) is 44.1. The smallest absolute Gasteiger partial charge is 0.270 e. The SMILES string of the molecule is C=C\C(=N/C=C(C)/C=C1/CCCN(CC2C(CC)C2CCc2ccc3c(c2)C(=O)N(C2CCC(=O)NC2=O)C3=S)CC1)C(=O)NC1CCC(Oc2ccc(C#N)c(Cl)c2)CC1. The number of aryl methyl sites for hydroxylation is 1. The van der Waals surface area contributed by atoms with E-state index in [1.165, 1.54) is 16.5 Å². The van der Waals surface area contributed by atoms with Gasteiger partial charge >= 0.3 is 0 Å². The zero-order chi connectivity index (χ0) is 43.2. The van der Waals surface area contributed by atoms with E-state index in [0.29, 0.717) is 55.9 Å². The maximum absolute atomic E-state index is 13.5. The van der Waals surface area contributed by atoms with E-state index in [-0.39, 0.29) is 42.7 Å². The summed E-state index contributed by atoms with van der Waals surface area (Å²) in [5.41, 5.74) is 5.47. The summed E-state index contributed by atoms with van der Waals surface area (Å²) in [4.78, 5) is 59.8. The summed E-state index contributed by atoms with van der Waals surface area (Å²) in [7, 11) is 0. The maximum atomic E-state index is 13.5. The molecule has 5 aliphatic rings. The molecule has 0 aromatic heterocycles. The first-order valence-corrected chi connectivity index (χ1v) is 22.5. The lowest BCUT2D eigenvalue weighted by atomic mass is 9.92. The minimum atomic E-state index is -0.753. The molecule has 2 saturated heterocycles. The molecule has 2 aromatic carbocycles. The van der Waals surface area contributed by atoms with Gasteiger partial charge in [0.1, 0.15) is 28.6 Å². The van der Waals surface area contributed by atoms with Gasteiger partial charge in [-0.3, -0.25) is 34.4 Å². The van der Waals surface area contributed by atoms with Crippen LogP contribution < -0.4 is 15.4 Å². The summed E-state index contributed by atoms with van der Waals surface area (Å²) in [6.07, 6.45) is 15.4. The quantitative estimate of drug-likeness (QED) is 0.111. The summed E-state index contributed by atoms with van der Waals surface area (Å²) in [6, 6.07) is 12.4. The summed E-state index contributed by atoms with van der Waals surface area (Å²) < 4.78 is 6.10. The van der Waals surface area contributed by atoms with Crippen LogP contribution in [0.5, 0.6) is 5.75 Å². The highest BCUT2D eigenvalue weighted by Crippen LogP contribution is 2.51. The number of halogens is 1. The number of fused-ring (bicyclic) bond motifs is 1. The van der Waals surface area contributed by atoms with Crippen molar-refractivity contribution in [2.75, 3.05) is 19.6 Å². The molecule has 4 atom stereocenters. The number of carbonyl (C=O) groups excluding carboxylic acids is 4. The van der Waals surface area contributed by atoms with Gasteiger partial charge in [0.25, 0.3) is 11.8 Å². The van der Waals surface area contributed by atoms with E-state index in [1.807, 2.05) is 19.1 Å². The number of piperidine rings is 1. The van der Waals surface area contributed by atoms with Gasteiger partial charge in [0.2, 0.25) is 11.8 Å². The Bertz CT molecular complexity index is 2220. The monoisotopic (exact) mass is 862 g/mol. The molecule has 3 heterocycles. The van der Waals surface area contributed by atoms with Gasteiger partial charge < -0.3 is 15.0 Å². The number of hydrogen-bond acceptors (Lipinski definition) is 9. The fraction of sp³-hybridized carbons (Fsp3) is 0.479. The van der Waals surface area contributed by atoms with Crippen molar-refractivity contribution in [2.24, 2.45) is 22.7 Å². The van der Waals surface area contributed by atoms with E-state index >= 15 is 0 Å². The molecule has 2 aromatic rings. The number of nitrogens with one attached hydrogen (secondary N) is 2. The van der Waals surface area contributed by atoms with E-state index < -0.39 is 11.9 Å². The largest absolute Gasteiger partial charge is 0.490 e. The first-order valence-electron chi connectivity index (χ1n) is 21.8. The molecule has 11 nitrogen and oxygen atoms in total. The molecule has 7 rings (SSSR count). The van der Waals surface area contributed by atoms with Gasteiger partial charge in [-0.1, -0.05) is 67.5 Å². The van der Waals surface area contributed by atoms with Crippen LogP contribution in [0.2, 0.25) is 5.02 Å². The molecule has 4 fully saturated rings. The van der Waals surface area contributed by atoms with E-state index in [1.54, 1.807) is 24.4 Å². The molecular formula is C48H55ClN6O5S. The average Bonchev–Trinajstić information content (AvgIpc) is 3.92. The molecule has 4 amide bonds. The number of likely N-dealkylation sites (tertiary alicyclic amines) is 1. The maximum Gasteiger partial charge on any atom is 0.270 e. The van der Waals surface area contributed by atoms with E-state index in [4.69, 9.17) is 33.8 Å². The first-order chi connectivity index (χ1) is 29.5. The molecule has 4 unspecified atom stereocenters. The number of nitrogens with zero attached hydrogens (tertiary/aromatic N) is 4. The van der Waals surface area contributed by atoms with Crippen molar-refractivity contribution in [3.63, 3.8) is 0 Å². The normalized spacial score (nSPS) is 26.7. The van der Waals surface area contributed by atoms with Crippen molar-refractivity contribution in [3.8, 4) is 11.8 Å². The molecule has 61 heavy (non-hydrogen) atoms. The van der Waals surface area contributed by atoms with Crippen LogP contribution >= 0.6 is 23.8 Å². The van der Waals surface area contributed by atoms with Crippen LogP contribution in [-0.4, -0.2) is 82.0 Å². The van der Waals surface area contributed by atoms with E-state index in [9.17, 15) is 19.2 Å². The second-order valence-electron chi connectivity index (χ2n) is 17.1. The van der Waals surface area contributed by atoms with Crippen molar-refractivity contribution < 1.29 is 23.9 Å². The van der Waals surface area contributed by atoms with Crippen molar-refractivity contribution in [2.45, 2.75) is 109 Å². The predicted molar refractivity (Wildman–Crippen MR) is 240 cm³/mol. The van der Waals surface area contributed by atoms with Gasteiger partial charge in [-0.05, 0) is 131 Å². The highest BCUT2D eigenvalue weighted by molar-refractivity contribution is 7.80. The molecule has 2 aliphatic carbocycles. The van der Waals surface area contributed by atoms with Crippen molar-refractivity contribution in [1.82, 2.24) is 20.4 Å². The number of thiocarbonyl (C=S) groups is 1. The Morgan fingerprint density at radius 3 is 2.57 bits per heavy atom. The predicted octanol–water partition coefficient (Wildman–Crippen LogP) is 7.80. The van der Waals surface area contributed by atoms with E-state index in [0.717, 1.165) is 95.0 Å². The lowest BCUT2D eigenvalue weighted by Crippen LogP contribution is -2.54. The van der Waals surface area contributed by atoms with Crippen LogP contribution in [0.4, 0.5) is 0 Å². The standard InChI is InChI=1S/C48H55ClN6O5S/c1-4-36-37(16-8-31-9-17-38-39(24-31)47(59)55(48(38)61)43-18-19-44(56)53-46(43)58)40(36)28-54-21-6-7-30(20-22-54)23-29(3)27-51-42(5-2)45(57)52-33-11-14-34(15-12-33)60-35-13-10-32(26-50)41(49)25-35/h5,9-10,13,17,23-25,27,33-34,36-37,40,43H,2,4,6-8,11-12,14-16,18-22,28H2,1,3H3,(H,52,57)(H,53,56,58)/b29-27+,30-23-,51-42+. The molecule has 13 heteroatoms. The zero-order valence-electron chi connectivity index (χ0n) is 35.1. The molecule has 2 N–H and O–H groups in total. The van der Waals surface area contributed by atoms with Crippen molar-refractivity contribution in [3.05, 3.63) is 99.8 Å². The lowest BCUT2D eigenvalue weighted by molar-refractivity contribution is -0.136. The van der Waals surface area contributed by atoms with Crippen LogP contribution in [0.3, 0.4) is 0 Å². The number of benzene rings is 2. The summed E-state index contributed by atoms with van der Waals surface area (Å²) >= 11 is 11.8. The van der Waals surface area contributed by atoms with Crippen LogP contribution in [0.1, 0.15) is 112 Å². The van der Waals surface area contributed by atoms with Gasteiger partial charge in [-0.25, -0.2) is 0 Å². The van der Waals surface area contributed by atoms with Crippen LogP contribution in [0.15, 0.2) is 77.5 Å². The van der Waals surface area contributed by atoms with Gasteiger partial charge in [0.15, 0.2) is 0 Å². The van der Waals surface area contributed by atoms with Crippen LogP contribution in [0.25, 0.3) is 0 Å². The summed E-state index contributed by atoms with van der Waals surface area (Å²) in [6.45, 7) is 11.4. The Morgan fingerprint density at radius 1 is 1.05 bits per heavy atom. The second-order valence-corrected chi connectivity index (χ2v) is 17.9. The number of amides is 4. The van der Waals surface area contributed by atoms with Crippen molar-refractivity contribution >= 4 is 58.1 Å². The Balaban J connectivity index is 0.852. The highest BCUT2D eigenvalue weighted by Gasteiger charge is 2.48. The fourth-order valence-corrected chi connectivity index (χ4v) is 10.3. The third kappa shape index (κ3) is 10.6. The molecule has 0 spiro atoms. The topological polar surface area (TPSA) is 144 Å². The number of aliphatic imine (C=N–C) groups is 1. The van der Waals surface area contributed by atoms with Crippen molar-refractivity contribution in [1.29, 1.82) is 5.26 Å². The Hall–Kier alpha value is -4.96. The molecule has 0 radical (unpaired) electrons. The number of hydrogen-bond donors (Lipinski definition) is 2.